The predicted molar refractivity (Wildman–Crippen MR) is 130 cm³/mol. The molecule has 1 aromatic carbocycles. The lowest BCUT2D eigenvalue weighted by Crippen LogP contribution is -2.55. The van der Waals surface area contributed by atoms with Crippen LogP contribution in [0.3, 0.4) is 0 Å². The Hall–Kier alpha value is -3.09. The number of carbonyl (C=O) groups excluding carboxylic acids is 1. The summed E-state index contributed by atoms with van der Waals surface area (Å²) in [5, 5.41) is 9.03. The fourth-order valence-electron chi connectivity index (χ4n) is 5.69. The molecule has 0 bridgehead atoms. The van der Waals surface area contributed by atoms with Crippen molar-refractivity contribution in [1.82, 2.24) is 19.8 Å². The number of aromatic nitrogens is 2. The number of urea groups is 1. The van der Waals surface area contributed by atoms with Crippen LogP contribution < -0.4 is 4.90 Å². The number of methoxy groups -OCH3 is 1. The first-order valence-corrected chi connectivity index (χ1v) is 12.1. The van der Waals surface area contributed by atoms with Gasteiger partial charge in [0.05, 0.1) is 30.2 Å². The summed E-state index contributed by atoms with van der Waals surface area (Å²) in [6.07, 6.45) is 8.03. The Labute approximate surface area is 206 Å². The van der Waals surface area contributed by atoms with Crippen molar-refractivity contribution in [2.75, 3.05) is 45.8 Å². The number of rotatable bonds is 8. The van der Waals surface area contributed by atoms with Crippen molar-refractivity contribution in [2.24, 2.45) is 0 Å². The van der Waals surface area contributed by atoms with Crippen molar-refractivity contribution in [3.8, 4) is 6.07 Å². The molecule has 1 aliphatic carbocycles. The lowest BCUT2D eigenvalue weighted by Gasteiger charge is -2.51. The summed E-state index contributed by atoms with van der Waals surface area (Å²) >= 11 is 0. The molecule has 0 N–H and O–H groups in total. The van der Waals surface area contributed by atoms with Gasteiger partial charge in [0.2, 0.25) is 5.82 Å². The van der Waals surface area contributed by atoms with E-state index in [1.165, 1.54) is 6.07 Å². The van der Waals surface area contributed by atoms with Crippen LogP contribution in [0.5, 0.6) is 0 Å². The minimum Gasteiger partial charge on any atom is -0.385 e. The molecule has 1 saturated carbocycles. The third-order valence-corrected chi connectivity index (χ3v) is 7.74. The number of amides is 2. The van der Waals surface area contributed by atoms with Crippen LogP contribution in [0.1, 0.15) is 49.9 Å². The summed E-state index contributed by atoms with van der Waals surface area (Å²) in [7, 11) is 5.78. The highest BCUT2D eigenvalue weighted by atomic mass is 19.1. The monoisotopic (exact) mass is 480 g/mol. The van der Waals surface area contributed by atoms with E-state index >= 15 is 0 Å². The standard InChI is InChI=1S/C26H33FN6O2/c1-31(2)26(20-7-6-8-21(27)15-20)11-9-25(10-12-26)19-32(22-17-29-23(16-28)30-18-22)24(34)33(25)13-4-5-14-35-3/h6-8,15,17-18H,4-5,9-14,19H2,1-3H3. The molecule has 8 nitrogen and oxygen atoms in total. The number of nitrogens with zero attached hydrogens (tertiary/aromatic N) is 6. The first kappa shape index (κ1) is 25.0. The highest BCUT2D eigenvalue weighted by molar-refractivity contribution is 5.95. The second-order valence-corrected chi connectivity index (χ2v) is 9.76. The van der Waals surface area contributed by atoms with Crippen LogP contribution in [0, 0.1) is 17.1 Å². The molecule has 1 saturated heterocycles. The summed E-state index contributed by atoms with van der Waals surface area (Å²) in [4.78, 5) is 27.7. The SMILES string of the molecule is COCCCCN1C(=O)N(c2cnc(C#N)nc2)CC12CCC(c1cccc(F)c1)(N(C)C)CC2. The molecule has 1 spiro atoms. The summed E-state index contributed by atoms with van der Waals surface area (Å²) in [6.45, 7) is 1.84. The summed E-state index contributed by atoms with van der Waals surface area (Å²) in [5.74, 6) is -0.151. The fourth-order valence-corrected chi connectivity index (χ4v) is 5.69. The molecule has 2 heterocycles. The van der Waals surface area contributed by atoms with Crippen molar-refractivity contribution < 1.29 is 13.9 Å². The second-order valence-electron chi connectivity index (χ2n) is 9.76. The topological polar surface area (TPSA) is 85.6 Å². The van der Waals surface area contributed by atoms with Gasteiger partial charge in [-0.3, -0.25) is 9.80 Å². The van der Waals surface area contributed by atoms with E-state index in [1.807, 2.05) is 31.1 Å². The smallest absolute Gasteiger partial charge is 0.325 e. The number of anilines is 1. The highest BCUT2D eigenvalue weighted by Gasteiger charge is 2.54. The zero-order chi connectivity index (χ0) is 25.1. The molecule has 2 fully saturated rings. The molecule has 35 heavy (non-hydrogen) atoms. The normalized spacial score (nSPS) is 24.4. The third-order valence-electron chi connectivity index (χ3n) is 7.74. The molecule has 9 heteroatoms. The summed E-state index contributed by atoms with van der Waals surface area (Å²) in [6, 6.07) is 8.76. The number of nitriles is 1. The number of carbonyl (C=O) groups is 1. The van der Waals surface area contributed by atoms with Crippen molar-refractivity contribution in [1.29, 1.82) is 5.26 Å². The van der Waals surface area contributed by atoms with Crippen LogP contribution in [-0.4, -0.2) is 72.2 Å². The van der Waals surface area contributed by atoms with Crippen molar-refractivity contribution in [3.63, 3.8) is 0 Å². The Kier molecular flexibility index (Phi) is 7.33. The van der Waals surface area contributed by atoms with E-state index in [2.05, 4.69) is 14.9 Å². The van der Waals surface area contributed by atoms with E-state index in [0.29, 0.717) is 25.4 Å². The van der Waals surface area contributed by atoms with Crippen LogP contribution in [0.4, 0.5) is 14.9 Å². The van der Waals surface area contributed by atoms with Crippen LogP contribution in [0.15, 0.2) is 36.7 Å². The third kappa shape index (κ3) is 4.73. The first-order valence-electron chi connectivity index (χ1n) is 12.1. The minimum atomic E-state index is -0.328. The number of halogens is 1. The van der Waals surface area contributed by atoms with E-state index in [4.69, 9.17) is 10.00 Å². The van der Waals surface area contributed by atoms with E-state index in [0.717, 1.165) is 44.1 Å². The van der Waals surface area contributed by atoms with E-state index < -0.39 is 0 Å². The maximum atomic E-state index is 14.1. The highest BCUT2D eigenvalue weighted by Crippen LogP contribution is 2.49. The predicted octanol–water partition coefficient (Wildman–Crippen LogP) is 3.93. The van der Waals surface area contributed by atoms with Gasteiger partial charge in [0.1, 0.15) is 11.9 Å². The average molecular weight is 481 g/mol. The lowest BCUT2D eigenvalue weighted by atomic mass is 9.68. The van der Waals surface area contributed by atoms with Crippen LogP contribution in [0.2, 0.25) is 0 Å². The molecule has 2 amide bonds. The van der Waals surface area contributed by atoms with Crippen LogP contribution in [-0.2, 0) is 10.3 Å². The second kappa shape index (κ2) is 10.3. The number of benzene rings is 1. The molecule has 186 valence electrons. The molecule has 1 aromatic heterocycles. The zero-order valence-electron chi connectivity index (χ0n) is 20.7. The molecular weight excluding hydrogens is 447 g/mol. The molecule has 1 aliphatic heterocycles. The zero-order valence-corrected chi connectivity index (χ0v) is 20.7. The van der Waals surface area contributed by atoms with Crippen molar-refractivity contribution >= 4 is 11.7 Å². The fraction of sp³-hybridized carbons (Fsp3) is 0.538. The van der Waals surface area contributed by atoms with E-state index in [9.17, 15) is 9.18 Å². The Balaban J connectivity index is 1.62. The van der Waals surface area contributed by atoms with Gasteiger partial charge in [-0.15, -0.1) is 0 Å². The van der Waals surface area contributed by atoms with Gasteiger partial charge in [-0.05, 0) is 70.3 Å². The maximum absolute atomic E-state index is 14.1. The molecule has 2 aliphatic rings. The number of unbranched alkanes of at least 4 members (excludes halogenated alkanes) is 1. The Morgan fingerprint density at radius 1 is 1.17 bits per heavy atom. The van der Waals surface area contributed by atoms with Gasteiger partial charge in [-0.1, -0.05) is 12.1 Å². The summed E-state index contributed by atoms with van der Waals surface area (Å²) < 4.78 is 19.3. The molecule has 0 unspecified atom stereocenters. The molecule has 4 rings (SSSR count). The summed E-state index contributed by atoms with van der Waals surface area (Å²) in [5.41, 5.74) is 0.960. The van der Waals surface area contributed by atoms with Gasteiger partial charge in [0.15, 0.2) is 0 Å². The van der Waals surface area contributed by atoms with E-state index in [-0.39, 0.29) is 28.8 Å². The van der Waals surface area contributed by atoms with Gasteiger partial charge in [0, 0.05) is 25.8 Å². The first-order chi connectivity index (χ1) is 16.8. The maximum Gasteiger partial charge on any atom is 0.325 e. The Morgan fingerprint density at radius 3 is 2.49 bits per heavy atom. The van der Waals surface area contributed by atoms with Gasteiger partial charge in [-0.25, -0.2) is 19.2 Å². The average Bonchev–Trinajstić information content (AvgIpc) is 3.13. The molecular formula is C26H33FN6O2. The minimum absolute atomic E-state index is 0.0566. The lowest BCUT2D eigenvalue weighted by molar-refractivity contribution is 0.0252. The Morgan fingerprint density at radius 2 is 1.89 bits per heavy atom. The van der Waals surface area contributed by atoms with Gasteiger partial charge in [-0.2, -0.15) is 5.26 Å². The number of hydrogen-bond donors (Lipinski definition) is 0. The van der Waals surface area contributed by atoms with Gasteiger partial charge in [0.25, 0.3) is 0 Å². The van der Waals surface area contributed by atoms with Crippen LogP contribution in [0.25, 0.3) is 0 Å². The van der Waals surface area contributed by atoms with Crippen LogP contribution >= 0.6 is 0 Å². The van der Waals surface area contributed by atoms with Gasteiger partial charge < -0.3 is 9.64 Å². The quantitative estimate of drug-likeness (QED) is 0.533. The molecule has 2 aromatic rings. The van der Waals surface area contributed by atoms with Crippen molar-refractivity contribution in [3.05, 3.63) is 53.9 Å². The van der Waals surface area contributed by atoms with Crippen molar-refractivity contribution in [2.45, 2.75) is 49.6 Å². The van der Waals surface area contributed by atoms with Gasteiger partial charge >= 0.3 is 6.03 Å². The Bertz CT molecular complexity index is 1080. The number of ether oxygens (including phenoxy) is 1. The molecule has 0 atom stereocenters. The number of hydrogen-bond acceptors (Lipinski definition) is 6. The largest absolute Gasteiger partial charge is 0.385 e. The molecule has 0 radical (unpaired) electrons. The van der Waals surface area contributed by atoms with E-state index in [1.54, 1.807) is 36.5 Å².